The van der Waals surface area contributed by atoms with Gasteiger partial charge in [0, 0.05) is 0 Å². The van der Waals surface area contributed by atoms with Gasteiger partial charge in [-0.15, -0.1) is 0 Å². The summed E-state index contributed by atoms with van der Waals surface area (Å²) in [5.74, 6) is 2.08. The van der Waals surface area contributed by atoms with Crippen molar-refractivity contribution in [2.24, 2.45) is 11.8 Å². The van der Waals surface area contributed by atoms with Crippen LogP contribution in [0.15, 0.2) is 48.5 Å². The van der Waals surface area contributed by atoms with Crippen LogP contribution in [-0.2, 0) is 25.7 Å². The van der Waals surface area contributed by atoms with Crippen molar-refractivity contribution in [2.45, 2.75) is 92.9 Å². The Balaban J connectivity index is 0.000000196. The van der Waals surface area contributed by atoms with Crippen LogP contribution in [0.3, 0.4) is 0 Å². The third-order valence-corrected chi connectivity index (χ3v) is 5.63. The lowest BCUT2D eigenvalue weighted by Crippen LogP contribution is -2.16. The van der Waals surface area contributed by atoms with Crippen LogP contribution in [-0.4, -0.2) is 0 Å². The lowest BCUT2D eigenvalue weighted by atomic mass is 9.78. The van der Waals surface area contributed by atoms with Crippen LogP contribution in [0.25, 0.3) is 0 Å². The van der Waals surface area contributed by atoms with E-state index in [4.69, 9.17) is 0 Å². The molecule has 0 aromatic heterocycles. The number of aryl methyl sites for hydroxylation is 4. The van der Waals surface area contributed by atoms with Gasteiger partial charge in [-0.2, -0.15) is 0 Å². The van der Waals surface area contributed by atoms with Crippen molar-refractivity contribution >= 4 is 0 Å². The molecule has 2 aromatic rings. The van der Waals surface area contributed by atoms with Crippen molar-refractivity contribution in [3.05, 3.63) is 70.8 Å². The fourth-order valence-corrected chi connectivity index (χ4v) is 4.33. The Labute approximate surface area is 175 Å². The van der Waals surface area contributed by atoms with Crippen LogP contribution >= 0.6 is 0 Å². The maximum Gasteiger partial charge on any atom is -0.0273 e. The van der Waals surface area contributed by atoms with Crippen LogP contribution in [0.5, 0.6) is 0 Å². The molecule has 0 saturated heterocycles. The zero-order valence-electron chi connectivity index (χ0n) is 19.4. The van der Waals surface area contributed by atoms with Crippen LogP contribution in [0.1, 0.15) is 89.5 Å². The summed E-state index contributed by atoms with van der Waals surface area (Å²) in [6.07, 6.45) is 10.9. The van der Waals surface area contributed by atoms with Crippen molar-refractivity contribution in [1.82, 2.24) is 0 Å². The van der Waals surface area contributed by atoms with Gasteiger partial charge in [0.25, 0.3) is 0 Å². The first-order valence-corrected chi connectivity index (χ1v) is 11.9. The number of hydrogen-bond acceptors (Lipinski definition) is 0. The SMILES string of the molecule is CC.CC.CC1CC(C)C1.c1ccc2c(c1)CCC2.c1ccc2c(c1)CCC2. The van der Waals surface area contributed by atoms with Crippen molar-refractivity contribution < 1.29 is 0 Å². The Morgan fingerprint density at radius 3 is 0.929 bits per heavy atom. The lowest BCUT2D eigenvalue weighted by molar-refractivity contribution is 0.233. The Morgan fingerprint density at radius 1 is 0.500 bits per heavy atom. The van der Waals surface area contributed by atoms with E-state index in [-0.39, 0.29) is 0 Å². The third kappa shape index (κ3) is 8.21. The highest BCUT2D eigenvalue weighted by atomic mass is 14.3. The number of hydrogen-bond donors (Lipinski definition) is 0. The second-order valence-corrected chi connectivity index (χ2v) is 7.93. The molecule has 156 valence electrons. The summed E-state index contributed by atoms with van der Waals surface area (Å²) in [5, 5.41) is 0. The molecule has 0 heterocycles. The topological polar surface area (TPSA) is 0 Å². The largest absolute Gasteiger partial charge is 0.0683 e. The van der Waals surface area contributed by atoms with E-state index in [1.165, 1.54) is 51.4 Å². The molecule has 0 spiro atoms. The highest BCUT2D eigenvalue weighted by molar-refractivity contribution is 5.31. The zero-order chi connectivity index (χ0) is 20.8. The Kier molecular flexibility index (Phi) is 12.6. The molecule has 5 rings (SSSR count). The molecule has 3 aliphatic carbocycles. The maximum atomic E-state index is 2.32. The zero-order valence-corrected chi connectivity index (χ0v) is 19.4. The molecule has 0 N–H and O–H groups in total. The van der Waals surface area contributed by atoms with Gasteiger partial charge in [0.1, 0.15) is 0 Å². The molecular weight excluding hydrogens is 336 g/mol. The highest BCUT2D eigenvalue weighted by Gasteiger charge is 2.19. The minimum absolute atomic E-state index is 1.04. The number of benzene rings is 2. The lowest BCUT2D eigenvalue weighted by Gasteiger charge is -2.28. The first-order valence-electron chi connectivity index (χ1n) is 11.9. The van der Waals surface area contributed by atoms with Crippen LogP contribution in [0.4, 0.5) is 0 Å². The number of rotatable bonds is 0. The molecule has 0 heteroatoms. The Morgan fingerprint density at radius 2 is 0.750 bits per heavy atom. The third-order valence-electron chi connectivity index (χ3n) is 5.63. The maximum absolute atomic E-state index is 2.32. The summed E-state index contributed by atoms with van der Waals surface area (Å²) in [4.78, 5) is 0. The second-order valence-electron chi connectivity index (χ2n) is 7.93. The van der Waals surface area contributed by atoms with Crippen LogP contribution in [0.2, 0.25) is 0 Å². The van der Waals surface area contributed by atoms with E-state index in [1.807, 2.05) is 27.7 Å². The molecule has 28 heavy (non-hydrogen) atoms. The smallest absolute Gasteiger partial charge is 0.0273 e. The van der Waals surface area contributed by atoms with Crippen molar-refractivity contribution in [1.29, 1.82) is 0 Å². The van der Waals surface area contributed by atoms with Gasteiger partial charge in [-0.05, 0) is 85.5 Å². The fraction of sp³-hybridized carbons (Fsp3) is 0.571. The summed E-state index contributed by atoms with van der Waals surface area (Å²) in [6.45, 7) is 12.6. The molecule has 1 saturated carbocycles. The normalized spacial score (nSPS) is 20.1. The monoisotopic (exact) mass is 380 g/mol. The minimum Gasteiger partial charge on any atom is -0.0683 e. The van der Waals surface area contributed by atoms with E-state index in [2.05, 4.69) is 62.4 Å². The predicted octanol–water partition coefficient (Wildman–Crippen LogP) is 8.46. The van der Waals surface area contributed by atoms with E-state index in [1.54, 1.807) is 22.3 Å². The summed E-state index contributed by atoms with van der Waals surface area (Å²) in [5.41, 5.74) is 6.27. The molecule has 1 fully saturated rings. The van der Waals surface area contributed by atoms with Crippen molar-refractivity contribution in [2.75, 3.05) is 0 Å². The summed E-state index contributed by atoms with van der Waals surface area (Å²) < 4.78 is 0. The van der Waals surface area contributed by atoms with Gasteiger partial charge in [-0.1, -0.05) is 90.1 Å². The fourth-order valence-electron chi connectivity index (χ4n) is 4.33. The molecule has 0 unspecified atom stereocenters. The highest BCUT2D eigenvalue weighted by Crippen LogP contribution is 2.31. The average Bonchev–Trinajstić information content (AvgIpc) is 3.40. The molecular formula is C28H44. The molecule has 3 aliphatic rings. The van der Waals surface area contributed by atoms with Crippen LogP contribution in [0, 0.1) is 11.8 Å². The first-order chi connectivity index (χ1) is 13.7. The van der Waals surface area contributed by atoms with E-state index in [9.17, 15) is 0 Å². The van der Waals surface area contributed by atoms with Gasteiger partial charge < -0.3 is 0 Å². The summed E-state index contributed by atoms with van der Waals surface area (Å²) in [6, 6.07) is 17.5. The standard InChI is InChI=1S/2C9H10.C6H12.2C2H6/c2*1-2-5-9-7-3-6-8(9)4-1;1-5-3-6(2)4-5;2*1-2/h2*1-2,4-5H,3,6-7H2;5-6H,3-4H2,1-2H3;2*1-2H3. The van der Waals surface area contributed by atoms with Gasteiger partial charge >= 0.3 is 0 Å². The molecule has 0 bridgehead atoms. The van der Waals surface area contributed by atoms with E-state index in [0.717, 1.165) is 11.8 Å². The molecule has 0 atom stereocenters. The van der Waals surface area contributed by atoms with Gasteiger partial charge in [0.15, 0.2) is 0 Å². The van der Waals surface area contributed by atoms with Crippen LogP contribution < -0.4 is 0 Å². The molecule has 0 amide bonds. The van der Waals surface area contributed by atoms with E-state index in [0.29, 0.717) is 0 Å². The second kappa shape index (κ2) is 14.4. The van der Waals surface area contributed by atoms with E-state index >= 15 is 0 Å². The molecule has 0 radical (unpaired) electrons. The number of fused-ring (bicyclic) bond motifs is 2. The van der Waals surface area contributed by atoms with Gasteiger partial charge in [0.05, 0.1) is 0 Å². The average molecular weight is 381 g/mol. The Hall–Kier alpha value is -1.56. The minimum atomic E-state index is 1.04. The summed E-state index contributed by atoms with van der Waals surface area (Å²) >= 11 is 0. The van der Waals surface area contributed by atoms with Gasteiger partial charge in [0.2, 0.25) is 0 Å². The summed E-state index contributed by atoms with van der Waals surface area (Å²) in [7, 11) is 0. The molecule has 2 aromatic carbocycles. The van der Waals surface area contributed by atoms with E-state index < -0.39 is 0 Å². The molecule has 0 nitrogen and oxygen atoms in total. The Bertz CT molecular complexity index is 532. The molecule has 0 aliphatic heterocycles. The van der Waals surface area contributed by atoms with Crippen molar-refractivity contribution in [3.8, 4) is 0 Å². The van der Waals surface area contributed by atoms with Gasteiger partial charge in [-0.3, -0.25) is 0 Å². The predicted molar refractivity (Wildman–Crippen MR) is 127 cm³/mol. The quantitative estimate of drug-likeness (QED) is 0.430. The van der Waals surface area contributed by atoms with Crippen molar-refractivity contribution in [3.63, 3.8) is 0 Å². The van der Waals surface area contributed by atoms with Gasteiger partial charge in [-0.25, -0.2) is 0 Å². The first kappa shape index (κ1) is 24.5.